The number of rotatable bonds is 1. The Morgan fingerprint density at radius 2 is 1.20 bits per heavy atom. The molecule has 0 amide bonds. The number of hydrogen-bond donors (Lipinski definition) is 0. The zero-order valence-corrected chi connectivity index (χ0v) is 2.57. The van der Waals surface area contributed by atoms with Gasteiger partial charge in [-0.2, -0.15) is 0 Å². The SMILES string of the molecule is C=CC=C.[LiH]. The van der Waals surface area contributed by atoms with Crippen LogP contribution in [0.15, 0.2) is 25.3 Å². The Morgan fingerprint density at radius 3 is 1.20 bits per heavy atom. The van der Waals surface area contributed by atoms with Crippen molar-refractivity contribution in [3.8, 4) is 0 Å². The maximum absolute atomic E-state index is 3.36. The molecule has 0 bridgehead atoms. The van der Waals surface area contributed by atoms with E-state index >= 15 is 0 Å². The van der Waals surface area contributed by atoms with Gasteiger partial charge in [0.2, 0.25) is 0 Å². The van der Waals surface area contributed by atoms with Crippen LogP contribution in [0.4, 0.5) is 0 Å². The molecule has 0 saturated carbocycles. The standard InChI is InChI=1S/C4H6.Li.H/c1-3-4-2;;/h3-4H,1-2H2;;. The minimum atomic E-state index is 0. The molecule has 0 saturated heterocycles. The summed E-state index contributed by atoms with van der Waals surface area (Å²) in [4.78, 5) is 0. The van der Waals surface area contributed by atoms with E-state index in [1.807, 2.05) is 0 Å². The second-order valence-electron chi connectivity index (χ2n) is 0.471. The van der Waals surface area contributed by atoms with Crippen molar-refractivity contribution in [3.05, 3.63) is 25.3 Å². The molecule has 0 aliphatic heterocycles. The van der Waals surface area contributed by atoms with Crippen LogP contribution in [0, 0.1) is 0 Å². The van der Waals surface area contributed by atoms with Gasteiger partial charge >= 0.3 is 18.9 Å². The maximum atomic E-state index is 3.36. The van der Waals surface area contributed by atoms with Crippen LogP contribution < -0.4 is 0 Å². The summed E-state index contributed by atoms with van der Waals surface area (Å²) in [6.45, 7) is 6.72. The van der Waals surface area contributed by atoms with E-state index in [0.29, 0.717) is 0 Å². The molecule has 0 rings (SSSR count). The Kier molecular flexibility index (Phi) is 16.0. The van der Waals surface area contributed by atoms with Crippen molar-refractivity contribution in [1.29, 1.82) is 0 Å². The molecule has 24 valence electrons. The summed E-state index contributed by atoms with van der Waals surface area (Å²) >= 11 is 0. The molecule has 0 unspecified atom stereocenters. The molecule has 0 fully saturated rings. The summed E-state index contributed by atoms with van der Waals surface area (Å²) in [6, 6.07) is 0. The first kappa shape index (κ1) is 8.91. The first-order valence-electron chi connectivity index (χ1n) is 1.15. The molecular weight excluding hydrogens is 55.0 g/mol. The van der Waals surface area contributed by atoms with Gasteiger partial charge in [0.1, 0.15) is 0 Å². The Morgan fingerprint density at radius 1 is 1.00 bits per heavy atom. The van der Waals surface area contributed by atoms with Gasteiger partial charge in [0.05, 0.1) is 0 Å². The quantitative estimate of drug-likeness (QED) is 0.310. The molecule has 0 aliphatic rings. The minimum absolute atomic E-state index is 0. The van der Waals surface area contributed by atoms with Gasteiger partial charge in [-0.25, -0.2) is 0 Å². The molecule has 0 N–H and O–H groups in total. The summed E-state index contributed by atoms with van der Waals surface area (Å²) in [5.41, 5.74) is 0. The van der Waals surface area contributed by atoms with E-state index in [1.165, 1.54) is 0 Å². The van der Waals surface area contributed by atoms with Crippen molar-refractivity contribution in [2.24, 2.45) is 0 Å². The normalized spacial score (nSPS) is 4.00. The Hall–Kier alpha value is 0.0774. The molecule has 0 spiro atoms. The second kappa shape index (κ2) is 8.95. The van der Waals surface area contributed by atoms with Gasteiger partial charge in [-0.3, -0.25) is 0 Å². The molecule has 1 heteroatoms. The molecule has 0 aromatic heterocycles. The first-order chi connectivity index (χ1) is 1.91. The molecule has 0 nitrogen and oxygen atoms in total. The van der Waals surface area contributed by atoms with Crippen LogP contribution in [-0.2, 0) is 0 Å². The predicted molar refractivity (Wildman–Crippen MR) is 27.5 cm³/mol. The van der Waals surface area contributed by atoms with Gasteiger partial charge in [-0.15, -0.1) is 0 Å². The van der Waals surface area contributed by atoms with Crippen LogP contribution >= 0.6 is 0 Å². The molecular formula is C4H7Li. The Bertz CT molecular complexity index is 24.6. The topological polar surface area (TPSA) is 0 Å². The van der Waals surface area contributed by atoms with Crippen LogP contribution in [0.3, 0.4) is 0 Å². The third kappa shape index (κ3) is 15.2. The van der Waals surface area contributed by atoms with Crippen molar-refractivity contribution in [3.63, 3.8) is 0 Å². The van der Waals surface area contributed by atoms with E-state index in [9.17, 15) is 0 Å². The molecule has 0 aromatic rings. The Balaban J connectivity index is 0. The average molecular weight is 62.0 g/mol. The summed E-state index contributed by atoms with van der Waals surface area (Å²) in [7, 11) is 0. The van der Waals surface area contributed by atoms with Crippen molar-refractivity contribution < 1.29 is 0 Å². The Labute approximate surface area is 44.8 Å². The van der Waals surface area contributed by atoms with Gasteiger partial charge < -0.3 is 0 Å². The monoisotopic (exact) mass is 62.1 g/mol. The zero-order valence-electron chi connectivity index (χ0n) is 2.57. The van der Waals surface area contributed by atoms with Crippen molar-refractivity contribution in [2.75, 3.05) is 0 Å². The molecule has 0 aliphatic carbocycles. The third-order valence-electron chi connectivity index (χ3n) is 0.167. The van der Waals surface area contributed by atoms with Crippen LogP contribution in [-0.4, -0.2) is 18.9 Å². The number of hydrogen-bond acceptors (Lipinski definition) is 0. The van der Waals surface area contributed by atoms with Crippen LogP contribution in [0.25, 0.3) is 0 Å². The summed E-state index contributed by atoms with van der Waals surface area (Å²) in [5, 5.41) is 0. The fraction of sp³-hybridized carbons (Fsp3) is 0. The van der Waals surface area contributed by atoms with E-state index in [4.69, 9.17) is 0 Å². The number of allylic oxidation sites excluding steroid dienone is 2. The summed E-state index contributed by atoms with van der Waals surface area (Å²) in [5.74, 6) is 0. The van der Waals surface area contributed by atoms with Crippen LogP contribution in [0.2, 0.25) is 0 Å². The average Bonchev–Trinajstić information content (AvgIpc) is 1.37. The van der Waals surface area contributed by atoms with Crippen molar-refractivity contribution >= 4 is 18.9 Å². The summed E-state index contributed by atoms with van der Waals surface area (Å²) in [6.07, 6.45) is 3.28. The molecule has 0 radical (unpaired) electrons. The van der Waals surface area contributed by atoms with Gasteiger partial charge in [-0.05, 0) is 0 Å². The van der Waals surface area contributed by atoms with Gasteiger partial charge in [0, 0.05) is 0 Å². The van der Waals surface area contributed by atoms with Gasteiger partial charge in [0.15, 0.2) is 0 Å². The van der Waals surface area contributed by atoms with Crippen LogP contribution in [0.1, 0.15) is 0 Å². The van der Waals surface area contributed by atoms with E-state index in [-0.39, 0.29) is 18.9 Å². The third-order valence-corrected chi connectivity index (χ3v) is 0.167. The van der Waals surface area contributed by atoms with Gasteiger partial charge in [0.25, 0.3) is 0 Å². The molecule has 5 heavy (non-hydrogen) atoms. The summed E-state index contributed by atoms with van der Waals surface area (Å²) < 4.78 is 0. The first-order valence-corrected chi connectivity index (χ1v) is 1.15. The predicted octanol–water partition coefficient (Wildman–Crippen LogP) is 0.710. The zero-order chi connectivity index (χ0) is 3.41. The second-order valence-corrected chi connectivity index (χ2v) is 0.471. The van der Waals surface area contributed by atoms with Crippen LogP contribution in [0.5, 0.6) is 0 Å². The molecule has 0 heterocycles. The van der Waals surface area contributed by atoms with E-state index < -0.39 is 0 Å². The fourth-order valence-electron chi connectivity index (χ4n) is 0. The van der Waals surface area contributed by atoms with E-state index in [2.05, 4.69) is 13.2 Å². The van der Waals surface area contributed by atoms with E-state index in [0.717, 1.165) is 0 Å². The van der Waals surface area contributed by atoms with Crippen molar-refractivity contribution in [1.82, 2.24) is 0 Å². The molecule has 0 atom stereocenters. The van der Waals surface area contributed by atoms with Gasteiger partial charge in [-0.1, -0.05) is 25.3 Å². The fourth-order valence-corrected chi connectivity index (χ4v) is 0. The van der Waals surface area contributed by atoms with E-state index in [1.54, 1.807) is 12.2 Å². The van der Waals surface area contributed by atoms with Crippen molar-refractivity contribution in [2.45, 2.75) is 0 Å². The molecule has 0 aromatic carbocycles.